The van der Waals surface area contributed by atoms with Crippen LogP contribution in [0.5, 0.6) is 0 Å². The lowest BCUT2D eigenvalue weighted by Crippen LogP contribution is -2.06. The molecule has 0 saturated heterocycles. The Balaban J connectivity index is 2.53. The highest BCUT2D eigenvalue weighted by atomic mass is 35.5. The van der Waals surface area contributed by atoms with E-state index in [0.717, 1.165) is 0 Å². The minimum atomic E-state index is -0.473. The Hall–Kier alpha value is -1.88. The summed E-state index contributed by atoms with van der Waals surface area (Å²) in [4.78, 5) is 15.7. The third-order valence-corrected chi connectivity index (χ3v) is 2.67. The number of aromatic nitrogens is 2. The zero-order chi connectivity index (χ0) is 13.1. The summed E-state index contributed by atoms with van der Waals surface area (Å²) in [6.07, 6.45) is 3.05. The molecule has 0 aromatic carbocycles. The van der Waals surface area contributed by atoms with Crippen molar-refractivity contribution in [3.05, 3.63) is 34.8 Å². The van der Waals surface area contributed by atoms with E-state index >= 15 is 0 Å². The highest BCUT2D eigenvalue weighted by molar-refractivity contribution is 6.33. The fourth-order valence-corrected chi connectivity index (χ4v) is 1.78. The summed E-state index contributed by atoms with van der Waals surface area (Å²) in [5, 5.41) is 4.26. The molecule has 0 unspecified atom stereocenters. The van der Waals surface area contributed by atoms with Crippen molar-refractivity contribution < 1.29 is 14.1 Å². The summed E-state index contributed by atoms with van der Waals surface area (Å²) in [5.74, 6) is -0.0737. The number of ether oxygens (including phenoxy) is 1. The monoisotopic (exact) mass is 266 g/mol. The smallest absolute Gasteiger partial charge is 0.344 e. The van der Waals surface area contributed by atoms with Gasteiger partial charge in [0.05, 0.1) is 11.6 Å². The Bertz CT molecular complexity index is 580. The van der Waals surface area contributed by atoms with Crippen LogP contribution in [-0.4, -0.2) is 22.7 Å². The van der Waals surface area contributed by atoms with Crippen LogP contribution < -0.4 is 0 Å². The first-order valence-corrected chi connectivity index (χ1v) is 5.76. The molecule has 2 aromatic rings. The fraction of sp³-hybridized carbons (Fsp3) is 0.250. The van der Waals surface area contributed by atoms with Gasteiger partial charge in [0.2, 0.25) is 0 Å². The molecule has 0 saturated carbocycles. The van der Waals surface area contributed by atoms with Crippen molar-refractivity contribution in [1.82, 2.24) is 10.1 Å². The van der Waals surface area contributed by atoms with Gasteiger partial charge in [-0.15, -0.1) is 0 Å². The standard InChI is InChI=1S/C12H11ClN2O3/c1-3-17-12(16)10-7(2)18-15-11(10)8-4-5-14-6-9(8)13/h4-6H,3H2,1-2H3. The van der Waals surface area contributed by atoms with Crippen LogP contribution in [0.4, 0.5) is 0 Å². The third kappa shape index (κ3) is 2.22. The molecule has 0 aliphatic carbocycles. The number of pyridine rings is 1. The van der Waals surface area contributed by atoms with Gasteiger partial charge in [-0.1, -0.05) is 16.8 Å². The maximum atomic E-state index is 11.9. The van der Waals surface area contributed by atoms with Gasteiger partial charge in [0.25, 0.3) is 0 Å². The van der Waals surface area contributed by atoms with Crippen LogP contribution >= 0.6 is 11.6 Å². The van der Waals surface area contributed by atoms with E-state index in [4.69, 9.17) is 20.9 Å². The van der Waals surface area contributed by atoms with Gasteiger partial charge in [0.1, 0.15) is 17.0 Å². The van der Waals surface area contributed by atoms with Gasteiger partial charge in [-0.05, 0) is 19.9 Å². The number of esters is 1. The summed E-state index contributed by atoms with van der Waals surface area (Å²) in [7, 11) is 0. The summed E-state index contributed by atoms with van der Waals surface area (Å²) < 4.78 is 10.0. The van der Waals surface area contributed by atoms with Gasteiger partial charge in [-0.25, -0.2) is 4.79 Å². The lowest BCUT2D eigenvalue weighted by atomic mass is 10.1. The van der Waals surface area contributed by atoms with E-state index < -0.39 is 5.97 Å². The Labute approximate surface area is 109 Å². The van der Waals surface area contributed by atoms with Crippen LogP contribution in [0.3, 0.4) is 0 Å². The average Bonchev–Trinajstić information content (AvgIpc) is 2.72. The average molecular weight is 267 g/mol. The molecular formula is C12H11ClN2O3. The molecule has 0 aliphatic heterocycles. The van der Waals surface area contributed by atoms with E-state index in [2.05, 4.69) is 10.1 Å². The number of carbonyl (C=O) groups excluding carboxylic acids is 1. The largest absolute Gasteiger partial charge is 0.462 e. The van der Waals surface area contributed by atoms with Crippen LogP contribution in [-0.2, 0) is 4.74 Å². The summed E-state index contributed by atoms with van der Waals surface area (Å²) >= 11 is 6.03. The van der Waals surface area contributed by atoms with E-state index in [0.29, 0.717) is 27.6 Å². The maximum absolute atomic E-state index is 11.9. The normalized spacial score (nSPS) is 10.4. The second-order valence-electron chi connectivity index (χ2n) is 3.54. The molecular weight excluding hydrogens is 256 g/mol. The highest BCUT2D eigenvalue weighted by Gasteiger charge is 2.23. The van der Waals surface area contributed by atoms with Gasteiger partial charge in [0, 0.05) is 18.0 Å². The molecule has 0 bridgehead atoms. The molecule has 0 fully saturated rings. The second kappa shape index (κ2) is 5.18. The third-order valence-electron chi connectivity index (χ3n) is 2.37. The molecule has 5 nitrogen and oxygen atoms in total. The first-order valence-electron chi connectivity index (χ1n) is 5.38. The minimum absolute atomic E-state index is 0.285. The van der Waals surface area contributed by atoms with Crippen LogP contribution in [0.1, 0.15) is 23.0 Å². The first kappa shape index (κ1) is 12.6. The van der Waals surface area contributed by atoms with Crippen molar-refractivity contribution in [3.8, 4) is 11.3 Å². The number of hydrogen-bond donors (Lipinski definition) is 0. The van der Waals surface area contributed by atoms with Crippen LogP contribution in [0.2, 0.25) is 5.02 Å². The van der Waals surface area contributed by atoms with Crippen molar-refractivity contribution >= 4 is 17.6 Å². The quantitative estimate of drug-likeness (QED) is 0.799. The van der Waals surface area contributed by atoms with E-state index in [-0.39, 0.29) is 6.61 Å². The predicted octanol–water partition coefficient (Wildman–Crippen LogP) is 2.88. The minimum Gasteiger partial charge on any atom is -0.462 e. The van der Waals surface area contributed by atoms with Gasteiger partial charge in [-0.3, -0.25) is 4.98 Å². The number of hydrogen-bond acceptors (Lipinski definition) is 5. The number of aryl methyl sites for hydroxylation is 1. The first-order chi connectivity index (χ1) is 8.65. The zero-order valence-corrected chi connectivity index (χ0v) is 10.7. The second-order valence-corrected chi connectivity index (χ2v) is 3.95. The Morgan fingerprint density at radius 1 is 1.56 bits per heavy atom. The SMILES string of the molecule is CCOC(=O)c1c(-c2ccncc2Cl)noc1C. The number of nitrogens with zero attached hydrogens (tertiary/aromatic N) is 2. The maximum Gasteiger partial charge on any atom is 0.344 e. The van der Waals surface area contributed by atoms with E-state index in [9.17, 15) is 4.79 Å². The topological polar surface area (TPSA) is 65.2 Å². The molecule has 2 rings (SSSR count). The molecule has 0 atom stereocenters. The lowest BCUT2D eigenvalue weighted by molar-refractivity contribution is 0.0525. The van der Waals surface area contributed by atoms with Gasteiger partial charge in [0.15, 0.2) is 0 Å². The Morgan fingerprint density at radius 2 is 2.33 bits per heavy atom. The molecule has 2 heterocycles. The zero-order valence-electron chi connectivity index (χ0n) is 9.94. The van der Waals surface area contributed by atoms with Crippen LogP contribution in [0, 0.1) is 6.92 Å². The van der Waals surface area contributed by atoms with E-state index in [1.54, 1.807) is 26.1 Å². The van der Waals surface area contributed by atoms with Crippen LogP contribution in [0.25, 0.3) is 11.3 Å². The van der Waals surface area contributed by atoms with Gasteiger partial charge < -0.3 is 9.26 Å². The molecule has 0 spiro atoms. The fourth-order valence-electron chi connectivity index (χ4n) is 1.57. The van der Waals surface area contributed by atoms with Crippen molar-refractivity contribution in [3.63, 3.8) is 0 Å². The highest BCUT2D eigenvalue weighted by Crippen LogP contribution is 2.30. The number of carbonyl (C=O) groups is 1. The molecule has 6 heteroatoms. The summed E-state index contributed by atoms with van der Waals surface area (Å²) in [6.45, 7) is 3.67. The van der Waals surface area contributed by atoms with Crippen molar-refractivity contribution in [2.75, 3.05) is 6.61 Å². The van der Waals surface area contributed by atoms with Gasteiger partial charge >= 0.3 is 5.97 Å². The molecule has 0 amide bonds. The molecule has 0 N–H and O–H groups in total. The molecule has 2 aromatic heterocycles. The molecule has 0 radical (unpaired) electrons. The van der Waals surface area contributed by atoms with E-state index in [1.165, 1.54) is 6.20 Å². The number of halogens is 1. The van der Waals surface area contributed by atoms with Gasteiger partial charge in [-0.2, -0.15) is 0 Å². The predicted molar refractivity (Wildman–Crippen MR) is 65.4 cm³/mol. The Morgan fingerprint density at radius 3 is 3.00 bits per heavy atom. The lowest BCUT2D eigenvalue weighted by Gasteiger charge is -2.03. The summed E-state index contributed by atoms with van der Waals surface area (Å²) in [5.41, 5.74) is 1.26. The molecule has 0 aliphatic rings. The Kier molecular flexibility index (Phi) is 3.62. The van der Waals surface area contributed by atoms with Crippen molar-refractivity contribution in [2.24, 2.45) is 0 Å². The van der Waals surface area contributed by atoms with Crippen molar-refractivity contribution in [1.29, 1.82) is 0 Å². The molecule has 18 heavy (non-hydrogen) atoms. The van der Waals surface area contributed by atoms with Crippen molar-refractivity contribution in [2.45, 2.75) is 13.8 Å². The van der Waals surface area contributed by atoms with E-state index in [1.807, 2.05) is 0 Å². The molecule has 94 valence electrons. The summed E-state index contributed by atoms with van der Waals surface area (Å²) in [6, 6.07) is 1.67. The van der Waals surface area contributed by atoms with Crippen LogP contribution in [0.15, 0.2) is 23.0 Å². The number of rotatable bonds is 3.